The first-order chi connectivity index (χ1) is 8.74. The number of carbonyl (C=O) groups excluding carboxylic acids is 1. The smallest absolute Gasteiger partial charge is 0.471 e. The quantitative estimate of drug-likeness (QED) is 0.808. The molecule has 1 amide bonds. The predicted molar refractivity (Wildman–Crippen MR) is 73.1 cm³/mol. The third kappa shape index (κ3) is 4.88. The zero-order valence-electron chi connectivity index (χ0n) is 10.3. The van der Waals surface area contributed by atoms with Gasteiger partial charge in [-0.1, -0.05) is 0 Å². The molecule has 0 heterocycles. The summed E-state index contributed by atoms with van der Waals surface area (Å²) in [6.07, 6.45) is -4.55. The molecule has 1 atom stereocenters. The summed E-state index contributed by atoms with van der Waals surface area (Å²) in [6.45, 7) is 1.53. The van der Waals surface area contributed by atoms with Crippen molar-refractivity contribution in [3.63, 3.8) is 0 Å². The number of nitrogens with one attached hydrogen (secondary N) is 1. The summed E-state index contributed by atoms with van der Waals surface area (Å²) in [5.74, 6) is -1.29. The van der Waals surface area contributed by atoms with Crippen LogP contribution in [0.5, 0.6) is 5.75 Å². The molecule has 0 saturated carbocycles. The van der Waals surface area contributed by atoms with E-state index in [9.17, 15) is 18.0 Å². The molecule has 0 aromatic heterocycles. The van der Waals surface area contributed by atoms with Crippen LogP contribution < -0.4 is 10.1 Å². The number of rotatable bonds is 4. The van der Waals surface area contributed by atoms with Crippen molar-refractivity contribution in [1.82, 2.24) is 5.32 Å². The highest BCUT2D eigenvalue weighted by Crippen LogP contribution is 2.21. The highest BCUT2D eigenvalue weighted by Gasteiger charge is 2.39. The van der Waals surface area contributed by atoms with Crippen LogP contribution in [0.25, 0.3) is 0 Å². The second-order valence-corrected chi connectivity index (χ2v) is 5.20. The lowest BCUT2D eigenvalue weighted by Gasteiger charge is -2.16. The molecule has 1 aromatic rings. The largest absolute Gasteiger partial charge is 0.497 e. The highest BCUT2D eigenvalue weighted by molar-refractivity contribution is 14.1. The standard InChI is InChI=1S/C12H13F3INO2/c1-7(17-11(18)12(13,14)15)5-8-6-9(19-2)3-4-10(8)16/h3-4,6-7H,5H2,1-2H3,(H,17,18). The zero-order valence-corrected chi connectivity index (χ0v) is 12.5. The van der Waals surface area contributed by atoms with Crippen molar-refractivity contribution in [2.45, 2.75) is 25.6 Å². The van der Waals surface area contributed by atoms with E-state index >= 15 is 0 Å². The molecule has 1 N–H and O–H groups in total. The van der Waals surface area contributed by atoms with Gasteiger partial charge in [-0.05, 0) is 59.7 Å². The Bertz CT molecular complexity index is 463. The second kappa shape index (κ2) is 6.44. The van der Waals surface area contributed by atoms with Gasteiger partial charge in [-0.2, -0.15) is 13.2 Å². The molecule has 0 fully saturated rings. The molecule has 0 aliphatic carbocycles. The van der Waals surface area contributed by atoms with Crippen molar-refractivity contribution in [2.24, 2.45) is 0 Å². The van der Waals surface area contributed by atoms with E-state index in [4.69, 9.17) is 4.74 Å². The maximum Gasteiger partial charge on any atom is 0.471 e. The minimum atomic E-state index is -4.85. The fraction of sp³-hybridized carbons (Fsp3) is 0.417. The van der Waals surface area contributed by atoms with Gasteiger partial charge < -0.3 is 10.1 Å². The predicted octanol–water partition coefficient (Wildman–Crippen LogP) is 2.91. The molecule has 3 nitrogen and oxygen atoms in total. The number of alkyl halides is 3. The lowest BCUT2D eigenvalue weighted by Crippen LogP contribution is -2.42. The molecule has 0 spiro atoms. The van der Waals surface area contributed by atoms with Crippen LogP contribution in [-0.2, 0) is 11.2 Å². The fourth-order valence-corrected chi connectivity index (χ4v) is 2.08. The number of hydrogen-bond donors (Lipinski definition) is 1. The van der Waals surface area contributed by atoms with Gasteiger partial charge in [0, 0.05) is 9.61 Å². The summed E-state index contributed by atoms with van der Waals surface area (Å²) in [6, 6.07) is 4.71. The van der Waals surface area contributed by atoms with Crippen molar-refractivity contribution >= 4 is 28.5 Å². The molecule has 0 aliphatic rings. The van der Waals surface area contributed by atoms with Gasteiger partial charge in [0.2, 0.25) is 0 Å². The van der Waals surface area contributed by atoms with Gasteiger partial charge in [-0.3, -0.25) is 4.79 Å². The van der Waals surface area contributed by atoms with Gasteiger partial charge in [0.05, 0.1) is 7.11 Å². The van der Waals surface area contributed by atoms with Crippen LogP contribution in [0.4, 0.5) is 13.2 Å². The Morgan fingerprint density at radius 2 is 2.11 bits per heavy atom. The number of benzene rings is 1. The molecule has 0 bridgehead atoms. The minimum absolute atomic E-state index is 0.303. The number of ether oxygens (including phenoxy) is 1. The van der Waals surface area contributed by atoms with Gasteiger partial charge in [0.1, 0.15) is 5.75 Å². The molecule has 1 unspecified atom stereocenters. The summed E-state index contributed by atoms with van der Waals surface area (Å²) in [4.78, 5) is 10.8. The van der Waals surface area contributed by atoms with Crippen molar-refractivity contribution in [2.75, 3.05) is 7.11 Å². The summed E-state index contributed by atoms with van der Waals surface area (Å²) < 4.78 is 42.3. The lowest BCUT2D eigenvalue weighted by atomic mass is 10.1. The molecule has 19 heavy (non-hydrogen) atoms. The Kier molecular flexibility index (Phi) is 5.45. The van der Waals surface area contributed by atoms with E-state index in [1.807, 2.05) is 11.4 Å². The SMILES string of the molecule is COc1ccc(I)c(CC(C)NC(=O)C(F)(F)F)c1. The zero-order chi connectivity index (χ0) is 14.6. The minimum Gasteiger partial charge on any atom is -0.497 e. The van der Waals surface area contributed by atoms with E-state index in [1.165, 1.54) is 14.0 Å². The van der Waals surface area contributed by atoms with Gasteiger partial charge in [-0.25, -0.2) is 0 Å². The van der Waals surface area contributed by atoms with Gasteiger partial charge in [-0.15, -0.1) is 0 Å². The normalized spacial score (nSPS) is 12.9. The van der Waals surface area contributed by atoms with Gasteiger partial charge >= 0.3 is 12.1 Å². The molecule has 0 aliphatic heterocycles. The Morgan fingerprint density at radius 3 is 2.63 bits per heavy atom. The van der Waals surface area contributed by atoms with E-state index in [1.54, 1.807) is 12.1 Å². The van der Waals surface area contributed by atoms with Crippen LogP contribution in [0.15, 0.2) is 18.2 Å². The van der Waals surface area contributed by atoms with E-state index in [0.29, 0.717) is 12.2 Å². The van der Waals surface area contributed by atoms with Crippen LogP contribution in [0.3, 0.4) is 0 Å². The van der Waals surface area contributed by atoms with E-state index < -0.39 is 18.1 Å². The maximum absolute atomic E-state index is 12.1. The van der Waals surface area contributed by atoms with Crippen molar-refractivity contribution < 1.29 is 22.7 Å². The number of methoxy groups -OCH3 is 1. The van der Waals surface area contributed by atoms with Gasteiger partial charge in [0.15, 0.2) is 0 Å². The number of hydrogen-bond acceptors (Lipinski definition) is 2. The van der Waals surface area contributed by atoms with E-state index in [0.717, 1.165) is 9.13 Å². The topological polar surface area (TPSA) is 38.3 Å². The first-order valence-electron chi connectivity index (χ1n) is 5.44. The highest BCUT2D eigenvalue weighted by atomic mass is 127. The Labute approximate surface area is 122 Å². The van der Waals surface area contributed by atoms with Crippen LogP contribution in [0, 0.1) is 3.57 Å². The van der Waals surface area contributed by atoms with Crippen molar-refractivity contribution in [3.05, 3.63) is 27.3 Å². The van der Waals surface area contributed by atoms with Crippen LogP contribution in [0.1, 0.15) is 12.5 Å². The van der Waals surface area contributed by atoms with Crippen molar-refractivity contribution in [3.8, 4) is 5.75 Å². The summed E-state index contributed by atoms with van der Waals surface area (Å²) in [5.41, 5.74) is 0.829. The third-order valence-electron chi connectivity index (χ3n) is 2.41. The second-order valence-electron chi connectivity index (χ2n) is 4.03. The molecule has 106 valence electrons. The molecule has 7 heteroatoms. The molecule has 0 saturated heterocycles. The number of amides is 1. The average Bonchev–Trinajstić information content (AvgIpc) is 2.30. The average molecular weight is 387 g/mol. The molecular weight excluding hydrogens is 374 g/mol. The monoisotopic (exact) mass is 387 g/mol. The van der Waals surface area contributed by atoms with E-state index in [2.05, 4.69) is 22.6 Å². The molecule has 0 radical (unpaired) electrons. The number of halogens is 4. The Hall–Kier alpha value is -0.990. The van der Waals surface area contributed by atoms with Crippen LogP contribution >= 0.6 is 22.6 Å². The molecule has 1 aromatic carbocycles. The van der Waals surface area contributed by atoms with Crippen LogP contribution in [-0.4, -0.2) is 25.2 Å². The first kappa shape index (κ1) is 16.1. The van der Waals surface area contributed by atoms with E-state index in [-0.39, 0.29) is 0 Å². The number of carbonyl (C=O) groups is 1. The maximum atomic E-state index is 12.1. The summed E-state index contributed by atoms with van der Waals surface area (Å²) in [5, 5.41) is 1.92. The van der Waals surface area contributed by atoms with Crippen LogP contribution in [0.2, 0.25) is 0 Å². The third-order valence-corrected chi connectivity index (χ3v) is 3.47. The van der Waals surface area contributed by atoms with Crippen molar-refractivity contribution in [1.29, 1.82) is 0 Å². The Morgan fingerprint density at radius 1 is 1.47 bits per heavy atom. The Balaban J connectivity index is 2.72. The molecule has 1 rings (SSSR count). The summed E-state index contributed by atoms with van der Waals surface area (Å²) in [7, 11) is 1.51. The summed E-state index contributed by atoms with van der Waals surface area (Å²) >= 11 is 2.09. The van der Waals surface area contributed by atoms with Gasteiger partial charge in [0.25, 0.3) is 0 Å². The molecular formula is C12H13F3INO2. The fourth-order valence-electron chi connectivity index (χ4n) is 1.52. The lowest BCUT2D eigenvalue weighted by molar-refractivity contribution is -0.174. The first-order valence-corrected chi connectivity index (χ1v) is 6.52.